The number of amides is 2. The summed E-state index contributed by atoms with van der Waals surface area (Å²) in [6.45, 7) is 1.68. The molecule has 8 N–H and O–H groups in total. The molecule has 0 radical (unpaired) electrons. The number of rotatable bonds is 14. The summed E-state index contributed by atoms with van der Waals surface area (Å²) in [7, 11) is 0. The molecule has 0 atom stereocenters. The lowest BCUT2D eigenvalue weighted by Crippen LogP contribution is -2.23. The van der Waals surface area contributed by atoms with E-state index in [1.54, 1.807) is 83.9 Å². The second kappa shape index (κ2) is 31.7. The minimum absolute atomic E-state index is 0. The van der Waals surface area contributed by atoms with Crippen LogP contribution in [0.4, 0.5) is 4.39 Å². The second-order valence-electron chi connectivity index (χ2n) is 22.2. The first-order chi connectivity index (χ1) is 48.8. The standard InChI is InChI=1S/C23H14Cl2FN7O.C23H15Cl2N7O.C15H9ClN4O2.C8H8ClN3.ClH/c24-14-1-2-19-16(6-14)21(31-30-19)9-29-23(34)17-11-33(32-20(17)7-27)10-12-3-13-5-15(25)8-28-22(13)18(26)4-12;24-15-2-4-20-17(7-15)22(30-29-20)10-28-23(33)18-12-32(31-21(18)8-26)11-13-1-3-19-14(5-13)6-16(25)9-27-19;16-11-4-10-3-9(1-2-13(10)18-6-11)7-20-8-12(15(21)22)14(5-17)19-20;9-5-1-2-7-6(3-5)8(4-10)12-11-7;/h1-6,8,11H,9-10H2,(H,29,34)(H,30,31);1-7,9,12H,10-11H2,(H,28,33)(H,29,30);1-4,6,8H,7H2,(H,21,22);1-3H,4,10H2,(H,11,12);1H. The lowest BCUT2D eigenvalue weighted by atomic mass is 10.1. The number of nitrogens with one attached hydrogen (secondary N) is 5. The van der Waals surface area contributed by atoms with E-state index in [4.69, 9.17) is 85.7 Å². The lowest BCUT2D eigenvalue weighted by Gasteiger charge is -2.06. The van der Waals surface area contributed by atoms with Gasteiger partial charge in [-0.15, -0.1) is 12.4 Å². The molecular weight excluding hydrogens is 1450 g/mol. The highest BCUT2D eigenvalue weighted by atomic mass is 35.5. The lowest BCUT2D eigenvalue weighted by molar-refractivity contribution is 0.0695. The van der Waals surface area contributed by atoms with Crippen LogP contribution in [-0.2, 0) is 39.3 Å². The number of aromatic carboxylic acids is 1. The SMILES string of the molecule is Cl.N#Cc1nn(Cc2cc(F)c3ncc(Cl)cc3c2)cc1C(=O)NCc1[nH]nc2ccc(Cl)cc12.N#Cc1nn(Cc2ccc3ncc(Cl)cc3c2)cc1C(=O)NCc1[nH]nc2ccc(Cl)cc12.N#Cc1nn(Cc2ccc3ncc(Cl)cc3c2)cc1C(=O)O.NCc1[nH]nc2ccc(Cl)cc12. The zero-order valence-electron chi connectivity index (χ0n) is 52.3. The molecule has 0 aliphatic heterocycles. The highest BCUT2D eigenvalue weighted by molar-refractivity contribution is 6.33. The molecule has 9 heterocycles. The van der Waals surface area contributed by atoms with Crippen molar-refractivity contribution in [2.45, 2.75) is 39.3 Å². The van der Waals surface area contributed by atoms with E-state index in [1.165, 1.54) is 34.0 Å². The van der Waals surface area contributed by atoms with Crippen LogP contribution in [0.15, 0.2) is 159 Å². The van der Waals surface area contributed by atoms with Gasteiger partial charge >= 0.3 is 5.97 Å². The maximum atomic E-state index is 14.5. The number of H-pyrrole nitrogens is 3. The molecule has 6 aromatic carbocycles. The van der Waals surface area contributed by atoms with Crippen molar-refractivity contribution >= 4 is 165 Å². The molecule has 9 aromatic heterocycles. The van der Waals surface area contributed by atoms with Crippen molar-refractivity contribution < 1.29 is 23.9 Å². The van der Waals surface area contributed by atoms with Crippen LogP contribution in [0.3, 0.4) is 0 Å². The van der Waals surface area contributed by atoms with E-state index in [1.807, 2.05) is 72.8 Å². The Morgan fingerprint density at radius 2 is 0.843 bits per heavy atom. The first-order valence-corrected chi connectivity index (χ1v) is 32.2. The molecule has 15 rings (SSSR count). The van der Waals surface area contributed by atoms with Gasteiger partial charge in [-0.3, -0.25) is 53.9 Å². The molecule has 0 bridgehead atoms. The Morgan fingerprint density at radius 3 is 1.26 bits per heavy atom. The van der Waals surface area contributed by atoms with Gasteiger partial charge in [-0.25, -0.2) is 9.18 Å². The fourth-order valence-electron chi connectivity index (χ4n) is 10.7. The van der Waals surface area contributed by atoms with Gasteiger partial charge in [0.1, 0.15) is 35.1 Å². The number of carboxylic acids is 1. The van der Waals surface area contributed by atoms with E-state index < -0.39 is 23.6 Å². The summed E-state index contributed by atoms with van der Waals surface area (Å²) in [5, 5.41) is 84.2. The first-order valence-electron chi connectivity index (χ1n) is 29.9. The number of aromatic amines is 3. The number of fused-ring (bicyclic) bond motifs is 6. The Bertz CT molecular complexity index is 5870. The van der Waals surface area contributed by atoms with Crippen LogP contribution in [-0.4, -0.2) is 97.8 Å². The average molecular weight is 1500 g/mol. The number of carbonyl (C=O) groups excluding carboxylic acids is 2. The third kappa shape index (κ3) is 16.6. The van der Waals surface area contributed by atoms with Gasteiger partial charge in [-0.2, -0.15) is 46.4 Å². The summed E-state index contributed by atoms with van der Waals surface area (Å²) in [6, 6.07) is 41.6. The van der Waals surface area contributed by atoms with Crippen molar-refractivity contribution in [3.8, 4) is 18.2 Å². The van der Waals surface area contributed by atoms with Crippen LogP contribution >= 0.6 is 82.0 Å². The zero-order valence-corrected chi connectivity index (χ0v) is 57.6. The number of hydrogen-bond donors (Lipinski definition) is 7. The van der Waals surface area contributed by atoms with Crippen LogP contribution in [0.25, 0.3) is 65.4 Å². The van der Waals surface area contributed by atoms with Crippen molar-refractivity contribution in [3.05, 3.63) is 262 Å². The van der Waals surface area contributed by atoms with Crippen LogP contribution in [0.2, 0.25) is 30.1 Å². The maximum absolute atomic E-state index is 14.5. The number of hydrogen-bond acceptors (Lipinski definition) is 16. The largest absolute Gasteiger partial charge is 0.478 e. The number of carboxylic acid groups (broad SMARTS) is 1. The third-order valence-corrected chi connectivity index (χ3v) is 16.7. The number of aromatic nitrogens is 15. The number of nitrogens with zero attached hydrogens (tertiary/aromatic N) is 15. The van der Waals surface area contributed by atoms with Gasteiger partial charge in [0, 0.05) is 91.1 Å². The van der Waals surface area contributed by atoms with Gasteiger partial charge in [0.15, 0.2) is 17.1 Å². The second-order valence-corrected chi connectivity index (χ2v) is 24.9. The van der Waals surface area contributed by atoms with E-state index in [9.17, 15) is 29.3 Å². The Kier molecular flexibility index (Phi) is 22.3. The molecule has 0 saturated carbocycles. The monoisotopic (exact) mass is 1500 g/mol. The third-order valence-electron chi connectivity index (χ3n) is 15.4. The Balaban J connectivity index is 0.000000144. The summed E-state index contributed by atoms with van der Waals surface area (Å²) < 4.78 is 18.9. The van der Waals surface area contributed by atoms with E-state index in [0.717, 1.165) is 77.0 Å². The first kappa shape index (κ1) is 71.7. The molecule has 33 heteroatoms. The van der Waals surface area contributed by atoms with Crippen molar-refractivity contribution in [2.24, 2.45) is 5.73 Å². The van der Waals surface area contributed by atoms with Crippen molar-refractivity contribution in [1.82, 2.24) is 85.5 Å². The van der Waals surface area contributed by atoms with Crippen LogP contribution in [0.1, 0.15) is 81.9 Å². The summed E-state index contributed by atoms with van der Waals surface area (Å²) >= 11 is 35.9. The maximum Gasteiger partial charge on any atom is 0.340 e. The van der Waals surface area contributed by atoms with Gasteiger partial charge in [0.2, 0.25) is 0 Å². The summed E-state index contributed by atoms with van der Waals surface area (Å²) in [5.74, 6) is -2.55. The van der Waals surface area contributed by atoms with Gasteiger partial charge in [-0.1, -0.05) is 81.7 Å². The van der Waals surface area contributed by atoms with Gasteiger partial charge < -0.3 is 21.5 Å². The Hall–Kier alpha value is -11.6. The number of nitrogens with two attached hydrogens (primary N) is 1. The minimum atomic E-state index is -1.17. The van der Waals surface area contributed by atoms with E-state index >= 15 is 0 Å². The molecular formula is C69H47Cl7FN21O4. The van der Waals surface area contributed by atoms with Crippen LogP contribution in [0, 0.1) is 39.8 Å². The van der Waals surface area contributed by atoms with Crippen molar-refractivity contribution in [2.75, 3.05) is 0 Å². The molecule has 102 heavy (non-hydrogen) atoms. The smallest absolute Gasteiger partial charge is 0.340 e. The molecule has 0 fully saturated rings. The fourth-order valence-corrected chi connectivity index (χ4v) is 11.7. The summed E-state index contributed by atoms with van der Waals surface area (Å²) in [5.41, 5.74) is 14.6. The molecule has 0 unspecified atom stereocenters. The molecule has 25 nitrogen and oxygen atoms in total. The molecule has 2 amide bonds. The number of pyridine rings is 3. The van der Waals surface area contributed by atoms with Crippen molar-refractivity contribution in [1.29, 1.82) is 15.8 Å². The van der Waals surface area contributed by atoms with E-state index in [0.29, 0.717) is 66.4 Å². The Morgan fingerprint density at radius 1 is 0.471 bits per heavy atom. The van der Waals surface area contributed by atoms with Gasteiger partial charge in [-0.05, 0) is 126 Å². The predicted octanol–water partition coefficient (Wildman–Crippen LogP) is 13.9. The van der Waals surface area contributed by atoms with Gasteiger partial charge in [0.25, 0.3) is 11.8 Å². The molecule has 0 saturated heterocycles. The van der Waals surface area contributed by atoms with Crippen LogP contribution in [0.5, 0.6) is 0 Å². The number of nitriles is 3. The molecule has 0 spiro atoms. The molecule has 508 valence electrons. The topological polar surface area (TPSA) is 371 Å². The summed E-state index contributed by atoms with van der Waals surface area (Å²) in [4.78, 5) is 49.1. The molecule has 0 aliphatic rings. The highest BCUT2D eigenvalue weighted by Gasteiger charge is 2.21. The van der Waals surface area contributed by atoms with Crippen molar-refractivity contribution in [3.63, 3.8) is 0 Å². The highest BCUT2D eigenvalue weighted by Crippen LogP contribution is 2.27. The Labute approximate surface area is 611 Å². The number of halogens is 8. The average Bonchev–Trinajstić information content (AvgIpc) is 1.35. The number of carbonyl (C=O) groups is 3. The van der Waals surface area contributed by atoms with E-state index in [2.05, 4.69) is 71.5 Å². The van der Waals surface area contributed by atoms with Gasteiger partial charge in [0.05, 0.1) is 104 Å². The van der Waals surface area contributed by atoms with E-state index in [-0.39, 0.29) is 71.3 Å². The summed E-state index contributed by atoms with van der Waals surface area (Å²) in [6.07, 6.45) is 8.92. The minimum Gasteiger partial charge on any atom is -0.478 e. The zero-order chi connectivity index (χ0) is 71.0. The molecule has 0 aliphatic carbocycles. The quantitative estimate of drug-likeness (QED) is 0.0532. The van der Waals surface area contributed by atoms with Crippen LogP contribution < -0.4 is 16.4 Å². The predicted molar refractivity (Wildman–Crippen MR) is 386 cm³/mol. The normalized spacial score (nSPS) is 10.8. The molecule has 15 aromatic rings. The fraction of sp³-hybridized carbons (Fsp3) is 0.0870. The number of benzene rings is 6.